The molecule has 0 radical (unpaired) electrons. The third kappa shape index (κ3) is 8.22. The number of halogens is 3. The zero-order valence-electron chi connectivity index (χ0n) is 44.7. The van der Waals surface area contributed by atoms with Crippen molar-refractivity contribution >= 4 is 49.3 Å². The molecule has 12 rings (SSSR count). The fraction of sp³-hybridized carbons (Fsp3) is 0.127. The van der Waals surface area contributed by atoms with Crippen LogP contribution in [-0.2, 0) is 6.18 Å². The molecule has 7 heteroatoms. The molecule has 0 aliphatic heterocycles. The molecule has 0 amide bonds. The Morgan fingerprint density at radius 3 is 1.09 bits per heavy atom. The summed E-state index contributed by atoms with van der Waals surface area (Å²) < 4.78 is 51.3. The van der Waals surface area contributed by atoms with Crippen LogP contribution in [0.25, 0.3) is 115 Å². The van der Waals surface area contributed by atoms with Crippen molar-refractivity contribution in [2.24, 2.45) is 0 Å². The lowest BCUT2D eigenvalue weighted by Gasteiger charge is -2.22. The smallest absolute Gasteiger partial charge is 0.309 e. The Hall–Kier alpha value is -9.43. The van der Waals surface area contributed by atoms with E-state index in [1.165, 1.54) is 12.1 Å². The molecule has 0 N–H and O–H groups in total. The maximum atomic E-state index is 15.8. The molecule has 10 aromatic carbocycles. The monoisotopic (exact) mass is 1020 g/mol. The van der Waals surface area contributed by atoms with E-state index in [9.17, 15) is 5.26 Å². The summed E-state index contributed by atoms with van der Waals surface area (Å²) in [6.07, 6.45) is -4.84. The Morgan fingerprint density at radius 2 is 0.769 bits per heavy atom. The summed E-state index contributed by atoms with van der Waals surface area (Å²) in [5.41, 5.74) is 20.2. The molecular formula is C71H53F3N4. The molecule has 0 bridgehead atoms. The Bertz CT molecular complexity index is 4390. The highest BCUT2D eigenvalue weighted by atomic mass is 19.4. The largest absolute Gasteiger partial charge is 0.415 e. The minimum atomic E-state index is -4.84. The van der Waals surface area contributed by atoms with Gasteiger partial charge in [0.1, 0.15) is 6.07 Å². The number of hydrogen-bond donors (Lipinski definition) is 0. The number of aromatic nitrogens is 2. The van der Waals surface area contributed by atoms with Crippen LogP contribution in [0.4, 0.5) is 18.9 Å². The number of aryl methyl sites for hydroxylation is 8. The molecule has 0 fully saturated rings. The first-order valence-corrected chi connectivity index (χ1v) is 26.1. The minimum absolute atomic E-state index is 0.157. The van der Waals surface area contributed by atoms with Gasteiger partial charge in [0.05, 0.1) is 51.1 Å². The number of hydrogen-bond acceptors (Lipinski definition) is 1. The molecule has 12 aromatic rings. The van der Waals surface area contributed by atoms with E-state index in [-0.39, 0.29) is 22.4 Å². The Kier molecular flexibility index (Phi) is 11.8. The van der Waals surface area contributed by atoms with E-state index < -0.39 is 11.7 Å². The highest BCUT2D eigenvalue weighted by Crippen LogP contribution is 2.49. The Labute approximate surface area is 452 Å². The van der Waals surface area contributed by atoms with Crippen molar-refractivity contribution in [1.29, 1.82) is 5.26 Å². The van der Waals surface area contributed by atoms with Crippen LogP contribution < -0.4 is 0 Å². The summed E-state index contributed by atoms with van der Waals surface area (Å²) in [6, 6.07) is 60.5. The molecule has 378 valence electrons. The standard InChI is InChI=1S/C71H53F3N4/c1-40-13-21-53(44(5)29-40)48-17-25-64-57(33-48)58-34-49(54-22-14-41(2)30-45(54)6)18-26-65(58)77(64)68-38-61(70-62(71(72,73)74)11-10-12-63(70)76-9)69(37-52(68)39-75)78-66-27-19-50(55-23-15-42(3)31-46(55)7)35-59(66)60-36-51(20-28-67(60)78)56-24-16-43(4)32-47(56)8/h10-38H,1-8H3. The molecule has 0 saturated carbocycles. The summed E-state index contributed by atoms with van der Waals surface area (Å²) in [5, 5.41) is 15.2. The van der Waals surface area contributed by atoms with Crippen LogP contribution in [0.5, 0.6) is 0 Å². The summed E-state index contributed by atoms with van der Waals surface area (Å²) in [5.74, 6) is 0. The molecular weight excluding hydrogens is 966 g/mol. The lowest BCUT2D eigenvalue weighted by atomic mass is 9.93. The molecule has 78 heavy (non-hydrogen) atoms. The normalized spacial score (nSPS) is 11.8. The second-order valence-electron chi connectivity index (χ2n) is 21.2. The lowest BCUT2D eigenvalue weighted by molar-refractivity contribution is -0.137. The quantitative estimate of drug-likeness (QED) is 0.147. The van der Waals surface area contributed by atoms with Crippen molar-refractivity contribution in [2.75, 3.05) is 0 Å². The van der Waals surface area contributed by atoms with Crippen LogP contribution in [0.3, 0.4) is 0 Å². The van der Waals surface area contributed by atoms with Crippen LogP contribution in [0, 0.1) is 73.3 Å². The number of alkyl halides is 3. The Balaban J connectivity index is 1.20. The van der Waals surface area contributed by atoms with E-state index in [0.717, 1.165) is 139 Å². The van der Waals surface area contributed by atoms with E-state index in [1.807, 2.05) is 21.3 Å². The van der Waals surface area contributed by atoms with Gasteiger partial charge in [-0.25, -0.2) is 4.85 Å². The van der Waals surface area contributed by atoms with Gasteiger partial charge in [-0.1, -0.05) is 138 Å². The maximum Gasteiger partial charge on any atom is 0.415 e. The van der Waals surface area contributed by atoms with E-state index in [2.05, 4.69) is 200 Å². The molecule has 0 saturated heterocycles. The predicted octanol–water partition coefficient (Wildman–Crippen LogP) is 20.1. The molecule has 0 unspecified atom stereocenters. The van der Waals surface area contributed by atoms with Gasteiger partial charge in [0.25, 0.3) is 0 Å². The van der Waals surface area contributed by atoms with Gasteiger partial charge in [0.2, 0.25) is 0 Å². The maximum absolute atomic E-state index is 15.8. The van der Waals surface area contributed by atoms with Gasteiger partial charge in [-0.15, -0.1) is 0 Å². The first-order chi connectivity index (χ1) is 37.5. The van der Waals surface area contributed by atoms with Gasteiger partial charge in [-0.2, -0.15) is 18.4 Å². The van der Waals surface area contributed by atoms with Crippen molar-refractivity contribution in [1.82, 2.24) is 9.13 Å². The van der Waals surface area contributed by atoms with Crippen LogP contribution in [0.1, 0.15) is 55.6 Å². The zero-order chi connectivity index (χ0) is 54.5. The summed E-state index contributed by atoms with van der Waals surface area (Å²) in [4.78, 5) is 3.79. The van der Waals surface area contributed by atoms with Crippen molar-refractivity contribution < 1.29 is 13.2 Å². The molecule has 0 aliphatic rings. The van der Waals surface area contributed by atoms with Crippen LogP contribution in [0.2, 0.25) is 0 Å². The summed E-state index contributed by atoms with van der Waals surface area (Å²) in [7, 11) is 0. The van der Waals surface area contributed by atoms with Gasteiger partial charge >= 0.3 is 6.18 Å². The Morgan fingerprint density at radius 1 is 0.410 bits per heavy atom. The second-order valence-corrected chi connectivity index (χ2v) is 21.2. The van der Waals surface area contributed by atoms with E-state index >= 15 is 13.2 Å². The summed E-state index contributed by atoms with van der Waals surface area (Å²) >= 11 is 0. The van der Waals surface area contributed by atoms with Gasteiger partial charge < -0.3 is 9.13 Å². The fourth-order valence-corrected chi connectivity index (χ4v) is 12.2. The molecule has 0 spiro atoms. The molecule has 2 heterocycles. The lowest BCUT2D eigenvalue weighted by Crippen LogP contribution is -2.10. The number of nitrogens with zero attached hydrogens (tertiary/aromatic N) is 4. The summed E-state index contributed by atoms with van der Waals surface area (Å²) in [6.45, 7) is 25.2. The molecule has 4 nitrogen and oxygen atoms in total. The number of rotatable bonds is 7. The average Bonchev–Trinajstić information content (AvgIpc) is 4.16. The third-order valence-electron chi connectivity index (χ3n) is 15.8. The van der Waals surface area contributed by atoms with E-state index in [1.54, 1.807) is 12.1 Å². The SMILES string of the molecule is [C-]#[N+]c1cccc(C(F)(F)F)c1-c1cc(-n2c3ccc(-c4ccc(C)cc4C)cc3c3cc(-c4ccc(C)cc4C)ccc32)c(C#N)cc1-n1c2ccc(-c3ccc(C)cc3C)cc2c2cc(-c3ccc(C)cc3C)ccc21. The first-order valence-electron chi connectivity index (χ1n) is 26.1. The van der Waals surface area contributed by atoms with Gasteiger partial charge in [-0.05, 0) is 188 Å². The highest BCUT2D eigenvalue weighted by molar-refractivity contribution is 6.14. The van der Waals surface area contributed by atoms with Crippen LogP contribution in [0.15, 0.2) is 176 Å². The fourth-order valence-electron chi connectivity index (χ4n) is 12.2. The van der Waals surface area contributed by atoms with Crippen LogP contribution >= 0.6 is 0 Å². The number of benzene rings is 10. The van der Waals surface area contributed by atoms with Crippen molar-refractivity contribution in [3.63, 3.8) is 0 Å². The minimum Gasteiger partial charge on any atom is -0.309 e. The van der Waals surface area contributed by atoms with Crippen LogP contribution in [-0.4, -0.2) is 9.13 Å². The topological polar surface area (TPSA) is 38.0 Å². The number of nitriles is 1. The highest BCUT2D eigenvalue weighted by Gasteiger charge is 2.36. The van der Waals surface area contributed by atoms with E-state index in [0.29, 0.717) is 11.4 Å². The van der Waals surface area contributed by atoms with Gasteiger partial charge in [-0.3, -0.25) is 0 Å². The van der Waals surface area contributed by atoms with Crippen molar-refractivity contribution in [3.8, 4) is 73.1 Å². The average molecular weight is 1020 g/mol. The second kappa shape index (κ2) is 18.7. The molecule has 0 atom stereocenters. The van der Waals surface area contributed by atoms with Crippen molar-refractivity contribution in [2.45, 2.75) is 61.6 Å². The van der Waals surface area contributed by atoms with Gasteiger partial charge in [0, 0.05) is 27.1 Å². The third-order valence-corrected chi connectivity index (χ3v) is 15.8. The molecule has 2 aromatic heterocycles. The predicted molar refractivity (Wildman–Crippen MR) is 316 cm³/mol. The molecule has 0 aliphatic carbocycles. The van der Waals surface area contributed by atoms with Gasteiger partial charge in [0.15, 0.2) is 5.69 Å². The van der Waals surface area contributed by atoms with E-state index in [4.69, 9.17) is 6.57 Å². The first kappa shape index (κ1) is 49.4. The zero-order valence-corrected chi connectivity index (χ0v) is 44.7. The van der Waals surface area contributed by atoms with Crippen molar-refractivity contribution in [3.05, 3.63) is 243 Å². The number of fused-ring (bicyclic) bond motifs is 6.